The predicted octanol–water partition coefficient (Wildman–Crippen LogP) is 30.1. The average Bonchev–Trinajstić information content (AvgIpc) is 1.55. The Morgan fingerprint density at radius 1 is 0.175 bits per heavy atom. The standard InChI is InChI=1S/C51H40N2.C38H32N2.5C2H6/c1-36-18-24-43(25-19-36)52(41-14-8-4-9-15-41)45-28-30-46(31-29-45)53(42-16-10-5-11-17-42)44-26-21-38(22-27-44)40-23-33-48-50(35-40)49-34-37(2)20-32-47(49)51(48)39-12-6-3-7-13-39;1-29-13-21-35(22-14-29)39(33-9-5-3-6-10-33)37-25-17-31(18-26-37)32-19-27-38(28-20-32)40(34-11-7-4-8-12-34)36-23-15-30(2)16-24-36;5*1-2/h3-35,51H,1-2H3;3-28H,1-2H3;5*1-2H3. The van der Waals surface area contributed by atoms with Gasteiger partial charge < -0.3 is 19.6 Å². The number of fused-ring (bicyclic) bond motifs is 3. The van der Waals surface area contributed by atoms with Crippen LogP contribution in [0.25, 0.3) is 33.4 Å². The number of hydrogen-bond donors (Lipinski definition) is 0. The van der Waals surface area contributed by atoms with Crippen LogP contribution in [0.5, 0.6) is 0 Å². The van der Waals surface area contributed by atoms with Gasteiger partial charge in [0, 0.05) is 74.2 Å². The maximum atomic E-state index is 2.39. The zero-order valence-electron chi connectivity index (χ0n) is 62.9. The Balaban J connectivity index is 0.000000220. The summed E-state index contributed by atoms with van der Waals surface area (Å²) in [5.74, 6) is 0.251. The van der Waals surface area contributed by atoms with Crippen LogP contribution in [-0.2, 0) is 0 Å². The molecule has 0 spiro atoms. The van der Waals surface area contributed by atoms with Crippen LogP contribution in [0.4, 0.5) is 68.2 Å². The first-order chi connectivity index (χ1) is 50.8. The van der Waals surface area contributed by atoms with E-state index < -0.39 is 0 Å². The predicted molar refractivity (Wildman–Crippen MR) is 451 cm³/mol. The third-order valence-electron chi connectivity index (χ3n) is 17.7. The molecule has 0 saturated carbocycles. The second-order valence-electron chi connectivity index (χ2n) is 24.1. The van der Waals surface area contributed by atoms with Crippen LogP contribution in [0, 0.1) is 27.7 Å². The quantitative estimate of drug-likeness (QED) is 0.101. The molecule has 0 heterocycles. The van der Waals surface area contributed by atoms with E-state index >= 15 is 0 Å². The van der Waals surface area contributed by atoms with Crippen molar-refractivity contribution in [3.63, 3.8) is 0 Å². The summed E-state index contributed by atoms with van der Waals surface area (Å²) in [6.45, 7) is 28.6. The molecule has 1 aliphatic carbocycles. The normalized spacial score (nSPS) is 11.1. The first-order valence-electron chi connectivity index (χ1n) is 37.1. The smallest absolute Gasteiger partial charge is 0.0463 e. The first kappa shape index (κ1) is 75.5. The van der Waals surface area contributed by atoms with Crippen molar-refractivity contribution in [1.29, 1.82) is 0 Å². The van der Waals surface area contributed by atoms with Crippen LogP contribution < -0.4 is 19.6 Å². The number of aryl methyl sites for hydroxylation is 4. The Morgan fingerprint density at radius 3 is 0.650 bits per heavy atom. The van der Waals surface area contributed by atoms with Crippen molar-refractivity contribution < 1.29 is 0 Å². The van der Waals surface area contributed by atoms with E-state index in [9.17, 15) is 0 Å². The van der Waals surface area contributed by atoms with E-state index in [4.69, 9.17) is 0 Å². The topological polar surface area (TPSA) is 13.0 Å². The summed E-state index contributed by atoms with van der Waals surface area (Å²) in [6, 6.07) is 129. The van der Waals surface area contributed by atoms with Crippen LogP contribution in [0.3, 0.4) is 0 Å². The molecule has 0 bridgehead atoms. The van der Waals surface area contributed by atoms with E-state index in [-0.39, 0.29) is 5.92 Å². The van der Waals surface area contributed by atoms with Gasteiger partial charge in [-0.3, -0.25) is 0 Å². The number of nitrogens with zero attached hydrogens (tertiary/aromatic N) is 4. The fourth-order valence-electron chi connectivity index (χ4n) is 12.9. The third-order valence-corrected chi connectivity index (χ3v) is 17.7. The van der Waals surface area contributed by atoms with Gasteiger partial charge in [-0.25, -0.2) is 0 Å². The summed E-state index contributed by atoms with van der Waals surface area (Å²) in [5.41, 5.74) is 30.1. The van der Waals surface area contributed by atoms with Crippen LogP contribution >= 0.6 is 0 Å². The van der Waals surface area contributed by atoms with E-state index in [0.29, 0.717) is 0 Å². The monoisotopic (exact) mass is 1350 g/mol. The highest BCUT2D eigenvalue weighted by Crippen LogP contribution is 2.50. The highest BCUT2D eigenvalue weighted by molar-refractivity contribution is 5.87. The van der Waals surface area contributed by atoms with Gasteiger partial charge in [-0.2, -0.15) is 0 Å². The molecule has 0 aromatic heterocycles. The van der Waals surface area contributed by atoms with Gasteiger partial charge in [0.15, 0.2) is 0 Å². The molecule has 14 aromatic carbocycles. The molecule has 1 aliphatic rings. The highest BCUT2D eigenvalue weighted by atomic mass is 15.2. The molecule has 0 fully saturated rings. The Morgan fingerprint density at radius 2 is 0.369 bits per heavy atom. The Bertz CT molecular complexity index is 4620. The zero-order valence-corrected chi connectivity index (χ0v) is 62.9. The van der Waals surface area contributed by atoms with Crippen molar-refractivity contribution >= 4 is 68.2 Å². The number of hydrogen-bond acceptors (Lipinski definition) is 4. The van der Waals surface area contributed by atoms with Gasteiger partial charge >= 0.3 is 0 Å². The fourth-order valence-corrected chi connectivity index (χ4v) is 12.9. The fraction of sp³-hybridized carbons (Fsp3) is 0.152. The van der Waals surface area contributed by atoms with Crippen molar-refractivity contribution in [2.24, 2.45) is 0 Å². The van der Waals surface area contributed by atoms with Crippen molar-refractivity contribution in [3.8, 4) is 33.4 Å². The molecule has 1 atom stereocenters. The molecule has 0 aliphatic heterocycles. The lowest BCUT2D eigenvalue weighted by Crippen LogP contribution is -2.12. The molecule has 4 nitrogen and oxygen atoms in total. The minimum atomic E-state index is 0.251. The molecule has 103 heavy (non-hydrogen) atoms. The molecule has 0 amide bonds. The molecular weight excluding hydrogens is 1250 g/mol. The van der Waals surface area contributed by atoms with Crippen LogP contribution in [0.15, 0.2) is 358 Å². The van der Waals surface area contributed by atoms with Gasteiger partial charge in [0.25, 0.3) is 0 Å². The molecule has 518 valence electrons. The summed E-state index contributed by atoms with van der Waals surface area (Å²) >= 11 is 0. The SMILES string of the molecule is CC.CC.CC.CC.CC.Cc1ccc(N(c2ccccc2)c2ccc(-c3ccc(N(c4ccccc4)c4ccc(C)cc4)cc3)cc2)cc1.Cc1ccc(N(c2ccccc2)c2ccc(N(c3ccccc3)c3ccc(-c4ccc5c(c4)-c4cc(C)ccc4C5c4ccccc4)cc3)cc2)cc1. The Hall–Kier alpha value is -11.7. The van der Waals surface area contributed by atoms with Crippen LogP contribution in [0.1, 0.15) is 114 Å². The summed E-state index contributed by atoms with van der Waals surface area (Å²) in [7, 11) is 0. The average molecular weight is 1350 g/mol. The van der Waals surface area contributed by atoms with Gasteiger partial charge in [-0.15, -0.1) is 0 Å². The van der Waals surface area contributed by atoms with Gasteiger partial charge in [0.1, 0.15) is 0 Å². The summed E-state index contributed by atoms with van der Waals surface area (Å²) in [6.07, 6.45) is 0. The molecule has 1 unspecified atom stereocenters. The van der Waals surface area contributed by atoms with E-state index in [0.717, 1.165) is 68.2 Å². The van der Waals surface area contributed by atoms with Gasteiger partial charge in [0.05, 0.1) is 0 Å². The molecular formula is C99H102N4. The first-order valence-corrected chi connectivity index (χ1v) is 37.1. The van der Waals surface area contributed by atoms with Gasteiger partial charge in [0.2, 0.25) is 0 Å². The van der Waals surface area contributed by atoms with Gasteiger partial charge in [-0.1, -0.05) is 298 Å². The van der Waals surface area contributed by atoms with Crippen LogP contribution in [0.2, 0.25) is 0 Å². The Kier molecular flexibility index (Phi) is 28.0. The maximum Gasteiger partial charge on any atom is 0.0463 e. The second kappa shape index (κ2) is 38.2. The number of anilines is 12. The van der Waals surface area contributed by atoms with Crippen LogP contribution in [-0.4, -0.2) is 0 Å². The zero-order chi connectivity index (χ0) is 73.0. The van der Waals surface area contributed by atoms with Crippen molar-refractivity contribution in [3.05, 3.63) is 397 Å². The minimum Gasteiger partial charge on any atom is -0.311 e. The van der Waals surface area contributed by atoms with E-state index in [1.54, 1.807) is 0 Å². The van der Waals surface area contributed by atoms with Crippen molar-refractivity contribution in [1.82, 2.24) is 0 Å². The second-order valence-corrected chi connectivity index (χ2v) is 24.1. The lowest BCUT2D eigenvalue weighted by molar-refractivity contribution is 1.01. The van der Waals surface area contributed by atoms with Gasteiger partial charge in [-0.05, 0) is 229 Å². The van der Waals surface area contributed by atoms with Crippen molar-refractivity contribution in [2.45, 2.75) is 103 Å². The highest BCUT2D eigenvalue weighted by Gasteiger charge is 2.30. The summed E-state index contributed by atoms with van der Waals surface area (Å²) in [5, 5.41) is 0. The summed E-state index contributed by atoms with van der Waals surface area (Å²) < 4.78 is 0. The summed E-state index contributed by atoms with van der Waals surface area (Å²) in [4.78, 5) is 9.24. The van der Waals surface area contributed by atoms with E-state index in [2.05, 4.69) is 405 Å². The van der Waals surface area contributed by atoms with Crippen molar-refractivity contribution in [2.75, 3.05) is 19.6 Å². The molecule has 14 aromatic rings. The lowest BCUT2D eigenvalue weighted by atomic mass is 9.89. The lowest BCUT2D eigenvalue weighted by Gasteiger charge is -2.28. The molecule has 0 saturated heterocycles. The molecule has 15 rings (SSSR count). The van der Waals surface area contributed by atoms with E-state index in [1.807, 2.05) is 69.2 Å². The molecule has 0 radical (unpaired) electrons. The maximum absolute atomic E-state index is 2.39. The largest absolute Gasteiger partial charge is 0.311 e. The minimum absolute atomic E-state index is 0.251. The van der Waals surface area contributed by atoms with E-state index in [1.165, 1.54) is 72.3 Å². The number of para-hydroxylation sites is 4. The third kappa shape index (κ3) is 18.3. The number of rotatable bonds is 15. The Labute approximate surface area is 617 Å². The molecule has 0 N–H and O–H groups in total. The molecule has 4 heteroatoms. The number of benzene rings is 14.